The van der Waals surface area contributed by atoms with Crippen molar-refractivity contribution >= 4 is 6.16 Å². The summed E-state index contributed by atoms with van der Waals surface area (Å²) in [6, 6.07) is 0. The fourth-order valence-electron chi connectivity index (χ4n) is 0.830. The minimum atomic E-state index is -1.23. The van der Waals surface area contributed by atoms with Crippen molar-refractivity contribution in [1.82, 2.24) is 0 Å². The maximum Gasteiger partial charge on any atom is 0.505 e. The summed E-state index contributed by atoms with van der Waals surface area (Å²) < 4.78 is 4.28. The zero-order valence-corrected chi connectivity index (χ0v) is 8.01. The summed E-state index contributed by atoms with van der Waals surface area (Å²) >= 11 is 0. The fraction of sp³-hybridized carbons (Fsp3) is 0.700. The molecular formula is C10H16O3. The minimum absolute atomic E-state index is 0.177. The van der Waals surface area contributed by atoms with Crippen LogP contribution >= 0.6 is 0 Å². The standard InChI is InChI=1S/C10H16O3/c1-2-3-4-5-6-7-8-9-13-10(11)12/h2-5,8-9H2,1H3,(H,11,12). The molecule has 3 heteroatoms. The van der Waals surface area contributed by atoms with Gasteiger partial charge < -0.3 is 9.84 Å². The first-order valence-electron chi connectivity index (χ1n) is 4.58. The van der Waals surface area contributed by atoms with Gasteiger partial charge in [-0.3, -0.25) is 0 Å². The molecule has 0 rings (SSSR count). The highest BCUT2D eigenvalue weighted by Gasteiger charge is 1.91. The summed E-state index contributed by atoms with van der Waals surface area (Å²) in [5, 5.41) is 8.12. The highest BCUT2D eigenvalue weighted by Crippen LogP contribution is 1.96. The van der Waals surface area contributed by atoms with Gasteiger partial charge in [0.25, 0.3) is 0 Å². The molecule has 13 heavy (non-hydrogen) atoms. The van der Waals surface area contributed by atoms with Crippen molar-refractivity contribution in [2.45, 2.75) is 39.0 Å². The third-order valence-corrected chi connectivity index (χ3v) is 1.48. The van der Waals surface area contributed by atoms with E-state index >= 15 is 0 Å². The van der Waals surface area contributed by atoms with Crippen LogP contribution in [0.4, 0.5) is 4.79 Å². The van der Waals surface area contributed by atoms with Crippen LogP contribution in [0.5, 0.6) is 0 Å². The largest absolute Gasteiger partial charge is 0.505 e. The van der Waals surface area contributed by atoms with E-state index in [1.807, 2.05) is 0 Å². The topological polar surface area (TPSA) is 46.5 Å². The lowest BCUT2D eigenvalue weighted by molar-refractivity contribution is 0.0937. The van der Waals surface area contributed by atoms with Crippen LogP contribution in [0.25, 0.3) is 0 Å². The summed E-state index contributed by atoms with van der Waals surface area (Å²) in [5.41, 5.74) is 0. The normalized spacial score (nSPS) is 8.69. The summed E-state index contributed by atoms with van der Waals surface area (Å²) in [5.74, 6) is 5.83. The first-order valence-corrected chi connectivity index (χ1v) is 4.58. The van der Waals surface area contributed by atoms with Gasteiger partial charge in [0.1, 0.15) is 6.61 Å². The van der Waals surface area contributed by atoms with Gasteiger partial charge in [0.15, 0.2) is 0 Å². The molecular weight excluding hydrogens is 168 g/mol. The molecule has 0 unspecified atom stereocenters. The third kappa shape index (κ3) is 10.8. The van der Waals surface area contributed by atoms with Crippen molar-refractivity contribution in [2.75, 3.05) is 6.61 Å². The molecule has 0 spiro atoms. The average molecular weight is 184 g/mol. The molecule has 0 aromatic carbocycles. The Bertz CT molecular complexity index is 188. The molecule has 1 N–H and O–H groups in total. The molecule has 0 aromatic heterocycles. The fourth-order valence-corrected chi connectivity index (χ4v) is 0.830. The molecule has 0 aliphatic heterocycles. The molecule has 0 radical (unpaired) electrons. The van der Waals surface area contributed by atoms with Crippen molar-refractivity contribution in [3.05, 3.63) is 0 Å². The molecule has 0 saturated carbocycles. The van der Waals surface area contributed by atoms with Gasteiger partial charge in [0.2, 0.25) is 0 Å². The zero-order chi connectivity index (χ0) is 9.94. The van der Waals surface area contributed by atoms with Crippen LogP contribution < -0.4 is 0 Å². The second-order valence-electron chi connectivity index (χ2n) is 2.68. The number of carbonyl (C=O) groups is 1. The van der Waals surface area contributed by atoms with Gasteiger partial charge in [-0.25, -0.2) is 4.79 Å². The number of unbranched alkanes of at least 4 members (excludes halogenated alkanes) is 3. The molecule has 0 aliphatic rings. The molecule has 0 atom stereocenters. The summed E-state index contributed by atoms with van der Waals surface area (Å²) in [6.45, 7) is 2.32. The van der Waals surface area contributed by atoms with Crippen LogP contribution in [0.1, 0.15) is 39.0 Å². The quantitative estimate of drug-likeness (QED) is 0.406. The van der Waals surface area contributed by atoms with Crippen LogP contribution in [-0.4, -0.2) is 17.9 Å². The SMILES string of the molecule is CCCCCC#CCCOC(=O)O. The van der Waals surface area contributed by atoms with Crippen molar-refractivity contribution < 1.29 is 14.6 Å². The minimum Gasteiger partial charge on any atom is -0.450 e. The Morgan fingerprint density at radius 2 is 2.00 bits per heavy atom. The van der Waals surface area contributed by atoms with Crippen LogP contribution in [0.15, 0.2) is 0 Å². The number of hydrogen-bond acceptors (Lipinski definition) is 2. The summed E-state index contributed by atoms with van der Waals surface area (Å²) in [4.78, 5) is 9.90. The Hall–Kier alpha value is -1.17. The van der Waals surface area contributed by atoms with Crippen LogP contribution in [0, 0.1) is 11.8 Å². The van der Waals surface area contributed by atoms with E-state index in [1.165, 1.54) is 12.8 Å². The van der Waals surface area contributed by atoms with Crippen LogP contribution in [-0.2, 0) is 4.74 Å². The van der Waals surface area contributed by atoms with E-state index in [0.29, 0.717) is 6.42 Å². The first-order chi connectivity index (χ1) is 6.27. The number of carboxylic acid groups (broad SMARTS) is 1. The van der Waals surface area contributed by atoms with Crippen LogP contribution in [0.2, 0.25) is 0 Å². The van der Waals surface area contributed by atoms with E-state index in [9.17, 15) is 4.79 Å². The summed E-state index contributed by atoms with van der Waals surface area (Å²) in [6.07, 6.45) is 3.71. The van der Waals surface area contributed by atoms with Crippen molar-refractivity contribution in [2.24, 2.45) is 0 Å². The smallest absolute Gasteiger partial charge is 0.450 e. The van der Waals surface area contributed by atoms with E-state index in [2.05, 4.69) is 23.5 Å². The van der Waals surface area contributed by atoms with E-state index in [1.54, 1.807) is 0 Å². The van der Waals surface area contributed by atoms with Crippen LogP contribution in [0.3, 0.4) is 0 Å². The Morgan fingerprint density at radius 3 is 2.62 bits per heavy atom. The van der Waals surface area contributed by atoms with E-state index in [0.717, 1.165) is 12.8 Å². The number of ether oxygens (including phenoxy) is 1. The summed E-state index contributed by atoms with van der Waals surface area (Å²) in [7, 11) is 0. The highest BCUT2D eigenvalue weighted by molar-refractivity contribution is 5.56. The van der Waals surface area contributed by atoms with Crippen molar-refractivity contribution in [1.29, 1.82) is 0 Å². The zero-order valence-electron chi connectivity index (χ0n) is 8.01. The van der Waals surface area contributed by atoms with Crippen molar-refractivity contribution in [3.8, 4) is 11.8 Å². The molecule has 0 bridgehead atoms. The number of hydrogen-bond donors (Lipinski definition) is 1. The Labute approximate surface area is 79.1 Å². The van der Waals surface area contributed by atoms with Gasteiger partial charge in [-0.2, -0.15) is 0 Å². The molecule has 0 aliphatic carbocycles. The molecule has 0 heterocycles. The van der Waals surface area contributed by atoms with E-state index in [4.69, 9.17) is 5.11 Å². The highest BCUT2D eigenvalue weighted by atomic mass is 16.7. The first kappa shape index (κ1) is 11.8. The molecule has 0 fully saturated rings. The third-order valence-electron chi connectivity index (χ3n) is 1.48. The molecule has 0 saturated heterocycles. The second kappa shape index (κ2) is 8.92. The average Bonchev–Trinajstić information content (AvgIpc) is 2.09. The van der Waals surface area contributed by atoms with Gasteiger partial charge in [0, 0.05) is 12.8 Å². The molecule has 74 valence electrons. The predicted molar refractivity (Wildman–Crippen MR) is 50.5 cm³/mol. The molecule has 0 aromatic rings. The van der Waals surface area contributed by atoms with Gasteiger partial charge in [0.05, 0.1) is 0 Å². The van der Waals surface area contributed by atoms with E-state index < -0.39 is 6.16 Å². The van der Waals surface area contributed by atoms with Gasteiger partial charge in [-0.1, -0.05) is 25.7 Å². The van der Waals surface area contributed by atoms with Gasteiger partial charge in [-0.15, -0.1) is 5.92 Å². The molecule has 0 amide bonds. The Kier molecular flexibility index (Phi) is 8.12. The maximum absolute atomic E-state index is 9.90. The van der Waals surface area contributed by atoms with Gasteiger partial charge >= 0.3 is 6.16 Å². The van der Waals surface area contributed by atoms with Crippen molar-refractivity contribution in [3.63, 3.8) is 0 Å². The molecule has 3 nitrogen and oxygen atoms in total. The number of rotatable bonds is 5. The second-order valence-corrected chi connectivity index (χ2v) is 2.68. The maximum atomic E-state index is 9.90. The monoisotopic (exact) mass is 184 g/mol. The Morgan fingerprint density at radius 1 is 1.31 bits per heavy atom. The predicted octanol–water partition coefficient (Wildman–Crippen LogP) is 2.65. The Balaban J connectivity index is 3.15. The lowest BCUT2D eigenvalue weighted by atomic mass is 10.2. The van der Waals surface area contributed by atoms with E-state index in [-0.39, 0.29) is 6.61 Å². The lowest BCUT2D eigenvalue weighted by Gasteiger charge is -1.93. The van der Waals surface area contributed by atoms with Gasteiger partial charge in [-0.05, 0) is 6.42 Å². The lowest BCUT2D eigenvalue weighted by Crippen LogP contribution is -2.00.